The van der Waals surface area contributed by atoms with Gasteiger partial charge in [0.25, 0.3) is 0 Å². The fourth-order valence-electron chi connectivity index (χ4n) is 5.04. The minimum absolute atomic E-state index is 0.00114. The summed E-state index contributed by atoms with van der Waals surface area (Å²) in [7, 11) is -3.78. The Morgan fingerprint density at radius 1 is 0.914 bits per heavy atom. The SMILES string of the molecule is CCNC(=O)NC1CCN(C(=O)[C@@H]2CC[C@H](c3ccccc3)N(S(=O)(=O)c3ccccc3)C2)CC1. The van der Waals surface area contributed by atoms with Crippen LogP contribution >= 0.6 is 0 Å². The van der Waals surface area contributed by atoms with Crippen molar-refractivity contribution in [2.45, 2.75) is 49.6 Å². The van der Waals surface area contributed by atoms with Crippen LogP contribution in [0.25, 0.3) is 0 Å². The van der Waals surface area contributed by atoms with Gasteiger partial charge in [0.2, 0.25) is 15.9 Å². The molecular weight excluding hydrogens is 464 g/mol. The lowest BCUT2D eigenvalue weighted by Gasteiger charge is -2.41. The number of nitrogens with zero attached hydrogens (tertiary/aromatic N) is 2. The number of likely N-dealkylation sites (tertiary alicyclic amines) is 1. The third kappa shape index (κ3) is 5.85. The Hall–Kier alpha value is -2.91. The zero-order valence-electron chi connectivity index (χ0n) is 20.1. The molecule has 2 N–H and O–H groups in total. The Bertz CT molecular complexity index is 1100. The first-order chi connectivity index (χ1) is 16.9. The molecule has 2 atom stereocenters. The highest BCUT2D eigenvalue weighted by Crippen LogP contribution is 2.38. The second-order valence-electron chi connectivity index (χ2n) is 9.19. The number of carbonyl (C=O) groups is 2. The van der Waals surface area contributed by atoms with Crippen LogP contribution in [0.1, 0.15) is 44.2 Å². The Labute approximate surface area is 207 Å². The van der Waals surface area contributed by atoms with Gasteiger partial charge in [-0.2, -0.15) is 4.31 Å². The van der Waals surface area contributed by atoms with E-state index < -0.39 is 10.0 Å². The van der Waals surface area contributed by atoms with Crippen molar-refractivity contribution in [2.75, 3.05) is 26.2 Å². The van der Waals surface area contributed by atoms with E-state index in [-0.39, 0.29) is 41.4 Å². The number of sulfonamides is 1. The number of urea groups is 1. The summed E-state index contributed by atoms with van der Waals surface area (Å²) in [5.41, 5.74) is 0.940. The van der Waals surface area contributed by atoms with Crippen LogP contribution in [0.3, 0.4) is 0 Å². The number of carbonyl (C=O) groups excluding carboxylic acids is 2. The monoisotopic (exact) mass is 498 g/mol. The summed E-state index contributed by atoms with van der Waals surface area (Å²) >= 11 is 0. The molecule has 2 saturated heterocycles. The molecule has 0 radical (unpaired) electrons. The van der Waals surface area contributed by atoms with Crippen LogP contribution in [0.15, 0.2) is 65.6 Å². The molecule has 2 fully saturated rings. The number of benzene rings is 2. The van der Waals surface area contributed by atoms with Crippen LogP contribution < -0.4 is 10.6 Å². The van der Waals surface area contributed by atoms with E-state index in [1.165, 1.54) is 4.31 Å². The molecule has 0 spiro atoms. The van der Waals surface area contributed by atoms with E-state index in [1.807, 2.05) is 42.2 Å². The number of piperidine rings is 2. The molecule has 188 valence electrons. The number of nitrogens with one attached hydrogen (secondary N) is 2. The van der Waals surface area contributed by atoms with E-state index in [4.69, 9.17) is 0 Å². The highest BCUT2D eigenvalue weighted by Gasteiger charge is 2.41. The zero-order valence-corrected chi connectivity index (χ0v) is 20.9. The topological polar surface area (TPSA) is 98.8 Å². The lowest BCUT2D eigenvalue weighted by Crippen LogP contribution is -2.52. The normalized spacial score (nSPS) is 21.9. The van der Waals surface area contributed by atoms with Crippen molar-refractivity contribution in [2.24, 2.45) is 5.92 Å². The van der Waals surface area contributed by atoms with E-state index in [0.29, 0.717) is 45.3 Å². The Balaban J connectivity index is 1.48. The molecule has 2 heterocycles. The first-order valence-corrected chi connectivity index (χ1v) is 13.8. The number of rotatable bonds is 6. The Kier molecular flexibility index (Phi) is 8.07. The van der Waals surface area contributed by atoms with Crippen molar-refractivity contribution >= 4 is 22.0 Å². The predicted octanol–water partition coefficient (Wildman–Crippen LogP) is 3.14. The summed E-state index contributed by atoms with van der Waals surface area (Å²) in [4.78, 5) is 27.3. The van der Waals surface area contributed by atoms with Crippen molar-refractivity contribution in [3.63, 3.8) is 0 Å². The van der Waals surface area contributed by atoms with E-state index in [1.54, 1.807) is 30.3 Å². The van der Waals surface area contributed by atoms with Gasteiger partial charge in [0, 0.05) is 32.2 Å². The molecule has 2 aromatic carbocycles. The summed E-state index contributed by atoms with van der Waals surface area (Å²) in [6.07, 6.45) is 2.60. The molecular formula is C26H34N4O4S. The number of hydrogen-bond acceptors (Lipinski definition) is 4. The fourth-order valence-corrected chi connectivity index (χ4v) is 6.75. The van der Waals surface area contributed by atoms with Gasteiger partial charge in [0.05, 0.1) is 16.9 Å². The molecule has 2 aromatic rings. The average molecular weight is 499 g/mol. The van der Waals surface area contributed by atoms with Crippen LogP contribution in [-0.2, 0) is 14.8 Å². The maximum Gasteiger partial charge on any atom is 0.314 e. The van der Waals surface area contributed by atoms with Crippen LogP contribution in [0, 0.1) is 5.92 Å². The lowest BCUT2D eigenvalue weighted by atomic mass is 9.89. The van der Waals surface area contributed by atoms with E-state index in [9.17, 15) is 18.0 Å². The van der Waals surface area contributed by atoms with Gasteiger partial charge in [-0.15, -0.1) is 0 Å². The maximum atomic E-state index is 13.7. The molecule has 35 heavy (non-hydrogen) atoms. The van der Waals surface area contributed by atoms with E-state index in [0.717, 1.165) is 5.56 Å². The molecule has 4 rings (SSSR count). The molecule has 0 saturated carbocycles. The number of hydrogen-bond donors (Lipinski definition) is 2. The summed E-state index contributed by atoms with van der Waals surface area (Å²) in [6, 6.07) is 17.6. The fraction of sp³-hybridized carbons (Fsp3) is 0.462. The minimum atomic E-state index is -3.78. The van der Waals surface area contributed by atoms with E-state index >= 15 is 0 Å². The van der Waals surface area contributed by atoms with Crippen LogP contribution in [0.5, 0.6) is 0 Å². The molecule has 0 unspecified atom stereocenters. The molecule has 0 bridgehead atoms. The van der Waals surface area contributed by atoms with Crippen molar-refractivity contribution in [3.05, 3.63) is 66.2 Å². The van der Waals surface area contributed by atoms with Gasteiger partial charge in [0.15, 0.2) is 0 Å². The van der Waals surface area contributed by atoms with Gasteiger partial charge in [-0.25, -0.2) is 13.2 Å². The lowest BCUT2D eigenvalue weighted by molar-refractivity contribution is -0.138. The van der Waals surface area contributed by atoms with Crippen LogP contribution in [0.4, 0.5) is 4.79 Å². The average Bonchev–Trinajstić information content (AvgIpc) is 2.89. The summed E-state index contributed by atoms with van der Waals surface area (Å²) in [6.45, 7) is 3.71. The van der Waals surface area contributed by atoms with Crippen molar-refractivity contribution in [1.29, 1.82) is 0 Å². The first kappa shape index (κ1) is 25.2. The zero-order chi connectivity index (χ0) is 24.8. The molecule has 2 aliphatic heterocycles. The predicted molar refractivity (Wildman–Crippen MR) is 134 cm³/mol. The van der Waals surface area contributed by atoms with Gasteiger partial charge < -0.3 is 15.5 Å². The number of amides is 3. The molecule has 2 aliphatic rings. The third-order valence-electron chi connectivity index (χ3n) is 6.90. The second-order valence-corrected chi connectivity index (χ2v) is 11.1. The third-order valence-corrected chi connectivity index (χ3v) is 8.79. The van der Waals surface area contributed by atoms with Crippen molar-refractivity contribution in [1.82, 2.24) is 19.8 Å². The smallest absolute Gasteiger partial charge is 0.314 e. The minimum Gasteiger partial charge on any atom is -0.342 e. The molecule has 9 heteroatoms. The van der Waals surface area contributed by atoms with Gasteiger partial charge >= 0.3 is 6.03 Å². The molecule has 0 aromatic heterocycles. The Morgan fingerprint density at radius 3 is 2.17 bits per heavy atom. The maximum absolute atomic E-state index is 13.7. The Morgan fingerprint density at radius 2 is 1.54 bits per heavy atom. The highest BCUT2D eigenvalue weighted by atomic mass is 32.2. The van der Waals surface area contributed by atoms with Crippen molar-refractivity contribution in [3.8, 4) is 0 Å². The van der Waals surface area contributed by atoms with Gasteiger partial charge in [-0.05, 0) is 50.3 Å². The molecule has 3 amide bonds. The molecule has 0 aliphatic carbocycles. The van der Waals surface area contributed by atoms with Crippen molar-refractivity contribution < 1.29 is 18.0 Å². The summed E-state index contributed by atoms with van der Waals surface area (Å²) in [5, 5.41) is 5.69. The van der Waals surface area contributed by atoms with Gasteiger partial charge in [-0.1, -0.05) is 48.5 Å². The van der Waals surface area contributed by atoms with E-state index in [2.05, 4.69) is 10.6 Å². The first-order valence-electron chi connectivity index (χ1n) is 12.3. The van der Waals surface area contributed by atoms with Gasteiger partial charge in [-0.3, -0.25) is 4.79 Å². The quantitative estimate of drug-likeness (QED) is 0.639. The van der Waals surface area contributed by atoms with Gasteiger partial charge in [0.1, 0.15) is 0 Å². The second kappa shape index (κ2) is 11.2. The standard InChI is InChI=1S/C26H34N4O4S/c1-2-27-26(32)28-22-15-17-29(18-16-22)25(31)21-13-14-24(20-9-5-3-6-10-20)30(19-21)35(33,34)23-11-7-4-8-12-23/h3-12,21-22,24H,2,13-19H2,1H3,(H2,27,28,32)/t21-,24-/m1/s1. The highest BCUT2D eigenvalue weighted by molar-refractivity contribution is 7.89. The van der Waals surface area contributed by atoms with Crippen LogP contribution in [-0.4, -0.2) is 61.8 Å². The summed E-state index contributed by atoms with van der Waals surface area (Å²) < 4.78 is 28.9. The summed E-state index contributed by atoms with van der Waals surface area (Å²) in [5.74, 6) is -0.386. The largest absolute Gasteiger partial charge is 0.342 e. The molecule has 8 nitrogen and oxygen atoms in total. The van der Waals surface area contributed by atoms with Crippen LogP contribution in [0.2, 0.25) is 0 Å².